The summed E-state index contributed by atoms with van der Waals surface area (Å²) in [6.45, 7) is 0.487. The van der Waals surface area contributed by atoms with Gasteiger partial charge in [0.05, 0.1) is 23.8 Å². The Balaban J connectivity index is 2.10. The molecular weight excluding hydrogens is 269 g/mol. The van der Waals surface area contributed by atoms with Crippen molar-refractivity contribution in [2.24, 2.45) is 5.73 Å². The Morgan fingerprint density at radius 2 is 2.00 bits per heavy atom. The van der Waals surface area contributed by atoms with Crippen molar-refractivity contribution in [2.75, 3.05) is 0 Å². The van der Waals surface area contributed by atoms with E-state index in [-0.39, 0.29) is 17.9 Å². The summed E-state index contributed by atoms with van der Waals surface area (Å²) in [6.07, 6.45) is 1.30. The van der Waals surface area contributed by atoms with Gasteiger partial charge in [0.25, 0.3) is 5.56 Å². The molecular formula is C16H14FN3O. The number of hydrogen-bond acceptors (Lipinski definition) is 3. The molecule has 0 aliphatic heterocycles. The molecule has 0 saturated heterocycles. The lowest BCUT2D eigenvalue weighted by molar-refractivity contribution is 0.608. The summed E-state index contributed by atoms with van der Waals surface area (Å²) >= 11 is 0. The van der Waals surface area contributed by atoms with Crippen molar-refractivity contribution in [3.8, 4) is 0 Å². The summed E-state index contributed by atoms with van der Waals surface area (Å²) in [6, 6.07) is 12.2. The Hall–Kier alpha value is -2.53. The Morgan fingerprint density at radius 3 is 2.81 bits per heavy atom. The SMILES string of the molecule is NCc1cc(Cn2c(=O)cnc3ccccc32)ccc1F. The first-order valence-electron chi connectivity index (χ1n) is 6.61. The molecule has 3 rings (SSSR count). The highest BCUT2D eigenvalue weighted by atomic mass is 19.1. The van der Waals surface area contributed by atoms with Crippen LogP contribution in [0.2, 0.25) is 0 Å². The molecule has 0 aliphatic carbocycles. The maximum atomic E-state index is 13.5. The number of aromatic nitrogens is 2. The molecule has 1 heterocycles. The molecule has 0 saturated carbocycles. The van der Waals surface area contributed by atoms with Gasteiger partial charge < -0.3 is 10.3 Å². The molecule has 1 aromatic heterocycles. The second-order valence-electron chi connectivity index (χ2n) is 4.80. The number of hydrogen-bond donors (Lipinski definition) is 1. The summed E-state index contributed by atoms with van der Waals surface area (Å²) in [4.78, 5) is 16.2. The molecule has 0 fully saturated rings. The predicted molar refractivity (Wildman–Crippen MR) is 79.4 cm³/mol. The zero-order valence-electron chi connectivity index (χ0n) is 11.3. The van der Waals surface area contributed by atoms with Crippen LogP contribution in [0.4, 0.5) is 4.39 Å². The average Bonchev–Trinajstić information content (AvgIpc) is 2.52. The van der Waals surface area contributed by atoms with E-state index in [0.29, 0.717) is 12.1 Å². The molecule has 5 heteroatoms. The first-order valence-corrected chi connectivity index (χ1v) is 6.61. The highest BCUT2D eigenvalue weighted by Gasteiger charge is 2.07. The molecule has 2 aromatic carbocycles. The van der Waals surface area contributed by atoms with Crippen LogP contribution in [0.1, 0.15) is 11.1 Å². The summed E-state index contributed by atoms with van der Waals surface area (Å²) in [5.41, 5.74) is 8.10. The van der Waals surface area contributed by atoms with E-state index in [1.165, 1.54) is 12.3 Å². The lowest BCUT2D eigenvalue weighted by atomic mass is 10.1. The van der Waals surface area contributed by atoms with Crippen LogP contribution in [-0.2, 0) is 13.1 Å². The van der Waals surface area contributed by atoms with Crippen LogP contribution in [0.5, 0.6) is 0 Å². The zero-order valence-corrected chi connectivity index (χ0v) is 11.3. The van der Waals surface area contributed by atoms with Crippen molar-refractivity contribution in [3.05, 3.63) is 76.0 Å². The maximum Gasteiger partial charge on any atom is 0.269 e. The normalized spacial score (nSPS) is 11.0. The smallest absolute Gasteiger partial charge is 0.269 e. The molecule has 0 bridgehead atoms. The molecule has 0 unspecified atom stereocenters. The number of para-hydroxylation sites is 2. The second kappa shape index (κ2) is 5.46. The summed E-state index contributed by atoms with van der Waals surface area (Å²) in [7, 11) is 0. The molecule has 21 heavy (non-hydrogen) atoms. The molecule has 0 radical (unpaired) electrons. The van der Waals surface area contributed by atoms with Gasteiger partial charge in [-0.1, -0.05) is 18.2 Å². The summed E-state index contributed by atoms with van der Waals surface area (Å²) in [5, 5.41) is 0. The fourth-order valence-corrected chi connectivity index (χ4v) is 2.34. The van der Waals surface area contributed by atoms with Crippen molar-refractivity contribution in [1.82, 2.24) is 9.55 Å². The summed E-state index contributed by atoms with van der Waals surface area (Å²) < 4.78 is 15.1. The van der Waals surface area contributed by atoms with E-state index in [4.69, 9.17) is 5.73 Å². The minimum Gasteiger partial charge on any atom is -0.326 e. The Labute approximate surface area is 120 Å². The van der Waals surface area contributed by atoms with Gasteiger partial charge in [0.15, 0.2) is 0 Å². The third kappa shape index (κ3) is 2.55. The van der Waals surface area contributed by atoms with Crippen LogP contribution >= 0.6 is 0 Å². The van der Waals surface area contributed by atoms with Crippen LogP contribution in [0, 0.1) is 5.82 Å². The van der Waals surface area contributed by atoms with Gasteiger partial charge >= 0.3 is 0 Å². The van der Waals surface area contributed by atoms with Crippen molar-refractivity contribution in [2.45, 2.75) is 13.1 Å². The monoisotopic (exact) mass is 283 g/mol. The maximum absolute atomic E-state index is 13.5. The fourth-order valence-electron chi connectivity index (χ4n) is 2.34. The Kier molecular flexibility index (Phi) is 3.50. The van der Waals surface area contributed by atoms with Crippen molar-refractivity contribution in [1.29, 1.82) is 0 Å². The highest BCUT2D eigenvalue weighted by molar-refractivity contribution is 5.74. The number of nitrogens with zero attached hydrogens (tertiary/aromatic N) is 2. The third-order valence-electron chi connectivity index (χ3n) is 3.42. The minimum absolute atomic E-state index is 0.131. The number of fused-ring (bicyclic) bond motifs is 1. The summed E-state index contributed by atoms with van der Waals surface area (Å²) in [5.74, 6) is -0.326. The fraction of sp³-hybridized carbons (Fsp3) is 0.125. The number of nitrogens with two attached hydrogens (primary N) is 1. The van der Waals surface area contributed by atoms with Crippen LogP contribution < -0.4 is 11.3 Å². The van der Waals surface area contributed by atoms with E-state index in [1.807, 2.05) is 24.3 Å². The van der Waals surface area contributed by atoms with E-state index < -0.39 is 0 Å². The highest BCUT2D eigenvalue weighted by Crippen LogP contribution is 2.14. The molecule has 0 spiro atoms. The standard InChI is InChI=1S/C16H14FN3O/c17-13-6-5-11(7-12(13)8-18)10-20-15-4-2-1-3-14(15)19-9-16(20)21/h1-7,9H,8,10,18H2. The molecule has 3 aromatic rings. The van der Waals surface area contributed by atoms with Gasteiger partial charge in [-0.3, -0.25) is 4.79 Å². The van der Waals surface area contributed by atoms with Gasteiger partial charge in [0.2, 0.25) is 0 Å². The minimum atomic E-state index is -0.326. The van der Waals surface area contributed by atoms with Crippen LogP contribution in [0.3, 0.4) is 0 Å². The Bertz CT molecular complexity index is 858. The largest absolute Gasteiger partial charge is 0.326 e. The lowest BCUT2D eigenvalue weighted by Gasteiger charge is -2.10. The Morgan fingerprint density at radius 1 is 1.19 bits per heavy atom. The molecule has 106 valence electrons. The van der Waals surface area contributed by atoms with Crippen molar-refractivity contribution < 1.29 is 4.39 Å². The van der Waals surface area contributed by atoms with Gasteiger partial charge in [0, 0.05) is 12.1 Å². The third-order valence-corrected chi connectivity index (χ3v) is 3.42. The number of halogens is 1. The molecule has 0 atom stereocenters. The van der Waals surface area contributed by atoms with Crippen LogP contribution in [0.15, 0.2) is 53.5 Å². The van der Waals surface area contributed by atoms with Crippen molar-refractivity contribution >= 4 is 11.0 Å². The van der Waals surface area contributed by atoms with Gasteiger partial charge in [0.1, 0.15) is 5.82 Å². The van der Waals surface area contributed by atoms with Gasteiger partial charge in [-0.15, -0.1) is 0 Å². The van der Waals surface area contributed by atoms with Gasteiger partial charge in [-0.25, -0.2) is 9.37 Å². The van der Waals surface area contributed by atoms with E-state index in [1.54, 1.807) is 16.7 Å². The number of rotatable bonds is 3. The van der Waals surface area contributed by atoms with E-state index in [2.05, 4.69) is 4.98 Å². The topological polar surface area (TPSA) is 60.9 Å². The molecule has 2 N–H and O–H groups in total. The molecule has 0 amide bonds. The average molecular weight is 283 g/mol. The number of benzene rings is 2. The van der Waals surface area contributed by atoms with Gasteiger partial charge in [-0.2, -0.15) is 0 Å². The van der Waals surface area contributed by atoms with Gasteiger partial charge in [-0.05, 0) is 29.8 Å². The first-order chi connectivity index (χ1) is 10.2. The second-order valence-corrected chi connectivity index (χ2v) is 4.80. The van der Waals surface area contributed by atoms with E-state index >= 15 is 0 Å². The molecule has 0 aliphatic rings. The van der Waals surface area contributed by atoms with Crippen LogP contribution in [0.25, 0.3) is 11.0 Å². The lowest BCUT2D eigenvalue weighted by Crippen LogP contribution is -2.21. The predicted octanol–water partition coefficient (Wildman–Crippen LogP) is 2.04. The quantitative estimate of drug-likeness (QED) is 0.800. The molecule has 4 nitrogen and oxygen atoms in total. The van der Waals surface area contributed by atoms with Crippen molar-refractivity contribution in [3.63, 3.8) is 0 Å². The van der Waals surface area contributed by atoms with Crippen LogP contribution in [-0.4, -0.2) is 9.55 Å². The zero-order chi connectivity index (χ0) is 14.8. The van der Waals surface area contributed by atoms with E-state index in [9.17, 15) is 9.18 Å². The first kappa shape index (κ1) is 13.5. The van der Waals surface area contributed by atoms with E-state index in [0.717, 1.165) is 16.6 Å².